The summed E-state index contributed by atoms with van der Waals surface area (Å²) in [5.74, 6) is 3.00. The molecule has 0 unspecified atom stereocenters. The molecule has 0 radical (unpaired) electrons. The van der Waals surface area contributed by atoms with Crippen LogP contribution >= 0.6 is 0 Å². The van der Waals surface area contributed by atoms with Crippen LogP contribution in [0.15, 0.2) is 11.6 Å². The van der Waals surface area contributed by atoms with E-state index in [1.807, 2.05) is 0 Å². The second-order valence-electron chi connectivity index (χ2n) is 6.71. The van der Waals surface area contributed by atoms with Gasteiger partial charge in [0.1, 0.15) is 0 Å². The van der Waals surface area contributed by atoms with Crippen molar-refractivity contribution in [3.8, 4) is 0 Å². The number of nitrogens with zero attached hydrogens (tertiary/aromatic N) is 1. The Morgan fingerprint density at radius 1 is 1.41 bits per heavy atom. The van der Waals surface area contributed by atoms with E-state index in [1.165, 1.54) is 12.8 Å². The number of allylic oxidation sites excluding steroid dienone is 1. The van der Waals surface area contributed by atoms with E-state index in [9.17, 15) is 0 Å². The molecule has 0 N–H and O–H groups in total. The maximum absolute atomic E-state index is 7.42. The lowest BCUT2D eigenvalue weighted by Gasteiger charge is -2.43. The van der Waals surface area contributed by atoms with E-state index in [0.29, 0.717) is 5.92 Å². The average molecular weight is 231 g/mol. The molecule has 0 amide bonds. The standard InChI is InChI=1S/C16H25N/c1-11(2)13-7-6-12(3)14-8-9-16(4,17-5)10-15(13)14/h8,11-13,15H,6-7,9-10H2,1-4H3/t12-,13-,15-,16+/m0/s1. The first-order valence-electron chi connectivity index (χ1n) is 7.05. The summed E-state index contributed by atoms with van der Waals surface area (Å²) < 4.78 is 0. The fraction of sp³-hybridized carbons (Fsp3) is 0.812. The molecule has 0 bridgehead atoms. The Hall–Kier alpha value is -0.770. The Bertz CT molecular complexity index is 360. The van der Waals surface area contributed by atoms with Crippen LogP contribution in [0.5, 0.6) is 0 Å². The van der Waals surface area contributed by atoms with Gasteiger partial charge in [-0.25, -0.2) is 6.57 Å². The smallest absolute Gasteiger partial charge is 0.233 e. The van der Waals surface area contributed by atoms with Gasteiger partial charge in [0.2, 0.25) is 5.54 Å². The zero-order valence-corrected chi connectivity index (χ0v) is 11.7. The third-order valence-corrected chi connectivity index (χ3v) is 5.01. The first kappa shape index (κ1) is 12.7. The van der Waals surface area contributed by atoms with Gasteiger partial charge in [0, 0.05) is 19.8 Å². The molecule has 94 valence electrons. The molecule has 2 aliphatic carbocycles. The van der Waals surface area contributed by atoms with E-state index in [2.05, 4.69) is 38.6 Å². The fourth-order valence-corrected chi connectivity index (χ4v) is 3.83. The lowest BCUT2D eigenvalue weighted by atomic mass is 9.61. The molecule has 0 aromatic heterocycles. The molecule has 2 rings (SSSR count). The van der Waals surface area contributed by atoms with Gasteiger partial charge < -0.3 is 4.85 Å². The van der Waals surface area contributed by atoms with Gasteiger partial charge in [-0.05, 0) is 36.5 Å². The minimum absolute atomic E-state index is 0.127. The average Bonchev–Trinajstić information content (AvgIpc) is 2.29. The van der Waals surface area contributed by atoms with Crippen LogP contribution in [-0.2, 0) is 0 Å². The van der Waals surface area contributed by atoms with Crippen LogP contribution in [0, 0.1) is 30.2 Å². The maximum atomic E-state index is 7.42. The number of hydrogen-bond donors (Lipinski definition) is 0. The van der Waals surface area contributed by atoms with E-state index in [0.717, 1.165) is 30.6 Å². The predicted molar refractivity (Wildman–Crippen MR) is 72.5 cm³/mol. The molecule has 0 heterocycles. The first-order chi connectivity index (χ1) is 7.97. The lowest BCUT2D eigenvalue weighted by Crippen LogP contribution is -2.38. The highest BCUT2D eigenvalue weighted by atomic mass is 14.8. The molecule has 17 heavy (non-hydrogen) atoms. The summed E-state index contributed by atoms with van der Waals surface area (Å²) in [6.45, 7) is 16.6. The Morgan fingerprint density at radius 3 is 2.71 bits per heavy atom. The van der Waals surface area contributed by atoms with Gasteiger partial charge in [-0.2, -0.15) is 0 Å². The van der Waals surface area contributed by atoms with Crippen molar-refractivity contribution in [1.82, 2.24) is 0 Å². The van der Waals surface area contributed by atoms with Gasteiger partial charge in [-0.1, -0.05) is 32.4 Å². The van der Waals surface area contributed by atoms with Gasteiger partial charge in [0.25, 0.3) is 0 Å². The Balaban J connectivity index is 2.29. The van der Waals surface area contributed by atoms with Gasteiger partial charge in [0.15, 0.2) is 0 Å². The largest absolute Gasteiger partial charge is 0.310 e. The van der Waals surface area contributed by atoms with E-state index in [1.54, 1.807) is 5.57 Å². The van der Waals surface area contributed by atoms with Crippen LogP contribution in [0.3, 0.4) is 0 Å². The molecule has 0 aromatic rings. The number of hydrogen-bond acceptors (Lipinski definition) is 0. The summed E-state index contributed by atoms with van der Waals surface area (Å²) in [6.07, 6.45) is 7.17. The third kappa shape index (κ3) is 2.28. The second-order valence-corrected chi connectivity index (χ2v) is 6.71. The summed E-state index contributed by atoms with van der Waals surface area (Å²) >= 11 is 0. The Labute approximate surface area is 106 Å². The minimum atomic E-state index is -0.127. The minimum Gasteiger partial charge on any atom is -0.310 e. The molecule has 0 saturated heterocycles. The van der Waals surface area contributed by atoms with Crippen molar-refractivity contribution in [3.63, 3.8) is 0 Å². The lowest BCUT2D eigenvalue weighted by molar-refractivity contribution is 0.168. The highest BCUT2D eigenvalue weighted by Crippen LogP contribution is 2.49. The van der Waals surface area contributed by atoms with Crippen molar-refractivity contribution in [2.75, 3.05) is 0 Å². The molecular weight excluding hydrogens is 206 g/mol. The van der Waals surface area contributed by atoms with Gasteiger partial charge in [0.05, 0.1) is 0 Å². The number of fused-ring (bicyclic) bond motifs is 1. The van der Waals surface area contributed by atoms with E-state index < -0.39 is 0 Å². The SMILES string of the molecule is [C-]#[N+][C@]1(C)CC=C2[C@@H](C1)[C@H](C(C)C)CC[C@@H]2C. The summed E-state index contributed by atoms with van der Waals surface area (Å²) in [5.41, 5.74) is 1.55. The normalized spacial score (nSPS) is 41.6. The van der Waals surface area contributed by atoms with Crippen LogP contribution in [0.25, 0.3) is 4.85 Å². The maximum Gasteiger partial charge on any atom is 0.233 e. The van der Waals surface area contributed by atoms with Crippen molar-refractivity contribution < 1.29 is 0 Å². The van der Waals surface area contributed by atoms with E-state index in [4.69, 9.17) is 6.57 Å². The molecule has 2 aliphatic rings. The van der Waals surface area contributed by atoms with Crippen molar-refractivity contribution in [1.29, 1.82) is 0 Å². The van der Waals surface area contributed by atoms with Gasteiger partial charge in [-0.3, -0.25) is 0 Å². The fourth-order valence-electron chi connectivity index (χ4n) is 3.83. The number of rotatable bonds is 1. The van der Waals surface area contributed by atoms with Crippen LogP contribution in [-0.4, -0.2) is 5.54 Å². The quantitative estimate of drug-likeness (QED) is 0.455. The predicted octanol–water partition coefficient (Wildman–Crippen LogP) is 4.70. The van der Waals surface area contributed by atoms with Gasteiger partial charge in [-0.15, -0.1) is 0 Å². The van der Waals surface area contributed by atoms with Gasteiger partial charge >= 0.3 is 0 Å². The molecule has 4 atom stereocenters. The summed E-state index contributed by atoms with van der Waals surface area (Å²) in [5, 5.41) is 0. The highest BCUT2D eigenvalue weighted by Gasteiger charge is 2.44. The van der Waals surface area contributed by atoms with Crippen molar-refractivity contribution in [3.05, 3.63) is 23.1 Å². The zero-order valence-electron chi connectivity index (χ0n) is 11.7. The Kier molecular flexibility index (Phi) is 3.34. The van der Waals surface area contributed by atoms with Crippen LogP contribution < -0.4 is 0 Å². The molecule has 1 nitrogen and oxygen atoms in total. The van der Waals surface area contributed by atoms with Crippen LogP contribution in [0.1, 0.15) is 53.4 Å². The molecule has 1 fully saturated rings. The van der Waals surface area contributed by atoms with Crippen LogP contribution in [0.4, 0.5) is 0 Å². The molecule has 1 saturated carbocycles. The van der Waals surface area contributed by atoms with Crippen molar-refractivity contribution >= 4 is 0 Å². The molecular formula is C16H25N. The third-order valence-electron chi connectivity index (χ3n) is 5.01. The summed E-state index contributed by atoms with van der Waals surface area (Å²) in [4.78, 5) is 3.89. The summed E-state index contributed by atoms with van der Waals surface area (Å²) in [6, 6.07) is 0. The monoisotopic (exact) mass is 231 g/mol. The first-order valence-corrected chi connectivity index (χ1v) is 7.05. The Morgan fingerprint density at radius 2 is 2.12 bits per heavy atom. The molecule has 0 aromatic carbocycles. The van der Waals surface area contributed by atoms with E-state index in [-0.39, 0.29) is 5.54 Å². The van der Waals surface area contributed by atoms with E-state index >= 15 is 0 Å². The molecule has 1 heteroatoms. The van der Waals surface area contributed by atoms with Crippen molar-refractivity contribution in [2.45, 2.75) is 58.9 Å². The molecule has 0 aliphatic heterocycles. The van der Waals surface area contributed by atoms with Crippen molar-refractivity contribution in [2.24, 2.45) is 23.7 Å². The topological polar surface area (TPSA) is 4.36 Å². The highest BCUT2D eigenvalue weighted by molar-refractivity contribution is 5.23. The molecule has 0 spiro atoms. The second kappa shape index (κ2) is 4.48. The zero-order chi connectivity index (χ0) is 12.6. The van der Waals surface area contributed by atoms with Crippen LogP contribution in [0.2, 0.25) is 0 Å². The summed E-state index contributed by atoms with van der Waals surface area (Å²) in [7, 11) is 0.